The topological polar surface area (TPSA) is 41.6 Å². The SMILES string of the molecule is N#CCc1ccc(-c2cnn(CC3CC3)c2)cc1F. The van der Waals surface area contributed by atoms with Gasteiger partial charge in [0.2, 0.25) is 0 Å². The molecule has 3 rings (SSSR count). The molecule has 0 unspecified atom stereocenters. The summed E-state index contributed by atoms with van der Waals surface area (Å²) >= 11 is 0. The molecule has 0 amide bonds. The van der Waals surface area contributed by atoms with E-state index < -0.39 is 0 Å². The molecule has 1 aliphatic rings. The third-order valence-electron chi connectivity index (χ3n) is 3.43. The molecule has 0 radical (unpaired) electrons. The zero-order valence-electron chi connectivity index (χ0n) is 10.5. The molecule has 19 heavy (non-hydrogen) atoms. The first-order valence-corrected chi connectivity index (χ1v) is 6.44. The summed E-state index contributed by atoms with van der Waals surface area (Å²) in [5.41, 5.74) is 2.17. The van der Waals surface area contributed by atoms with E-state index in [9.17, 15) is 4.39 Å². The van der Waals surface area contributed by atoms with Crippen LogP contribution in [-0.2, 0) is 13.0 Å². The fourth-order valence-corrected chi connectivity index (χ4v) is 2.13. The Balaban J connectivity index is 1.82. The highest BCUT2D eigenvalue weighted by Gasteiger charge is 2.22. The van der Waals surface area contributed by atoms with E-state index in [4.69, 9.17) is 5.26 Å². The largest absolute Gasteiger partial charge is 0.272 e. The molecule has 1 aromatic heterocycles. The molecule has 4 heteroatoms. The van der Waals surface area contributed by atoms with Crippen molar-refractivity contribution in [3.05, 3.63) is 42.0 Å². The van der Waals surface area contributed by atoms with E-state index in [-0.39, 0.29) is 12.2 Å². The quantitative estimate of drug-likeness (QED) is 0.842. The average Bonchev–Trinajstić information content (AvgIpc) is 3.08. The molecule has 1 heterocycles. The number of halogens is 1. The van der Waals surface area contributed by atoms with Crippen molar-refractivity contribution in [3.8, 4) is 17.2 Å². The molecule has 96 valence electrons. The highest BCUT2D eigenvalue weighted by Crippen LogP contribution is 2.31. The highest BCUT2D eigenvalue weighted by molar-refractivity contribution is 5.62. The Labute approximate surface area is 111 Å². The molecule has 0 atom stereocenters. The third-order valence-corrected chi connectivity index (χ3v) is 3.43. The van der Waals surface area contributed by atoms with Crippen molar-refractivity contribution in [2.24, 2.45) is 5.92 Å². The van der Waals surface area contributed by atoms with E-state index in [2.05, 4.69) is 5.10 Å². The van der Waals surface area contributed by atoms with Gasteiger partial charge in [-0.1, -0.05) is 12.1 Å². The summed E-state index contributed by atoms with van der Waals surface area (Å²) < 4.78 is 15.7. The molecular formula is C15H14FN3. The van der Waals surface area contributed by atoms with Crippen LogP contribution < -0.4 is 0 Å². The van der Waals surface area contributed by atoms with Crippen LogP contribution in [0.15, 0.2) is 30.6 Å². The fourth-order valence-electron chi connectivity index (χ4n) is 2.13. The van der Waals surface area contributed by atoms with Gasteiger partial charge in [0.05, 0.1) is 18.7 Å². The molecule has 1 aromatic carbocycles. The van der Waals surface area contributed by atoms with Crippen LogP contribution in [0.5, 0.6) is 0 Å². The second-order valence-electron chi connectivity index (χ2n) is 5.04. The van der Waals surface area contributed by atoms with Gasteiger partial charge in [-0.3, -0.25) is 4.68 Å². The van der Waals surface area contributed by atoms with Gasteiger partial charge in [0.25, 0.3) is 0 Å². The summed E-state index contributed by atoms with van der Waals surface area (Å²) in [5.74, 6) is 0.441. The predicted molar refractivity (Wildman–Crippen MR) is 69.7 cm³/mol. The van der Waals surface area contributed by atoms with Crippen LogP contribution in [0, 0.1) is 23.1 Å². The number of rotatable bonds is 4. The lowest BCUT2D eigenvalue weighted by Crippen LogP contribution is -1.99. The van der Waals surface area contributed by atoms with Crippen molar-refractivity contribution in [2.45, 2.75) is 25.8 Å². The van der Waals surface area contributed by atoms with Crippen molar-refractivity contribution in [1.29, 1.82) is 5.26 Å². The van der Waals surface area contributed by atoms with E-state index in [0.717, 1.165) is 23.6 Å². The minimum absolute atomic E-state index is 0.104. The molecular weight excluding hydrogens is 241 g/mol. The molecule has 0 saturated heterocycles. The summed E-state index contributed by atoms with van der Waals surface area (Å²) in [4.78, 5) is 0. The van der Waals surface area contributed by atoms with E-state index in [0.29, 0.717) is 5.56 Å². The van der Waals surface area contributed by atoms with Crippen molar-refractivity contribution in [1.82, 2.24) is 9.78 Å². The molecule has 0 aliphatic heterocycles. The van der Waals surface area contributed by atoms with Crippen molar-refractivity contribution < 1.29 is 4.39 Å². The van der Waals surface area contributed by atoms with Gasteiger partial charge < -0.3 is 0 Å². The van der Waals surface area contributed by atoms with Crippen LogP contribution in [-0.4, -0.2) is 9.78 Å². The maximum atomic E-state index is 13.8. The van der Waals surface area contributed by atoms with Gasteiger partial charge in [0.1, 0.15) is 5.82 Å². The minimum atomic E-state index is -0.325. The average molecular weight is 255 g/mol. The number of nitriles is 1. The van der Waals surface area contributed by atoms with E-state index >= 15 is 0 Å². The van der Waals surface area contributed by atoms with Gasteiger partial charge in [0.15, 0.2) is 0 Å². The van der Waals surface area contributed by atoms with Gasteiger partial charge in [-0.05, 0) is 30.4 Å². The summed E-state index contributed by atoms with van der Waals surface area (Å²) in [6.07, 6.45) is 6.39. The smallest absolute Gasteiger partial charge is 0.128 e. The summed E-state index contributed by atoms with van der Waals surface area (Å²) in [6.45, 7) is 0.953. The number of aromatic nitrogens is 2. The van der Waals surface area contributed by atoms with Crippen molar-refractivity contribution in [3.63, 3.8) is 0 Å². The standard InChI is InChI=1S/C15H14FN3/c16-15-7-13(4-3-12(15)5-6-17)14-8-18-19(10-14)9-11-1-2-11/h3-4,7-8,10-11H,1-2,5,9H2. The maximum absolute atomic E-state index is 13.8. The Morgan fingerprint density at radius 3 is 2.89 bits per heavy atom. The lowest BCUT2D eigenvalue weighted by atomic mass is 10.1. The maximum Gasteiger partial charge on any atom is 0.128 e. The van der Waals surface area contributed by atoms with Gasteiger partial charge in [-0.25, -0.2) is 4.39 Å². The number of hydrogen-bond donors (Lipinski definition) is 0. The minimum Gasteiger partial charge on any atom is -0.272 e. The molecule has 0 N–H and O–H groups in total. The van der Waals surface area contributed by atoms with E-state index in [1.54, 1.807) is 12.3 Å². The fraction of sp³-hybridized carbons (Fsp3) is 0.333. The molecule has 2 aromatic rings. The van der Waals surface area contributed by atoms with Gasteiger partial charge in [-0.2, -0.15) is 10.4 Å². The Morgan fingerprint density at radius 1 is 1.37 bits per heavy atom. The van der Waals surface area contributed by atoms with Crippen LogP contribution in [0.25, 0.3) is 11.1 Å². The van der Waals surface area contributed by atoms with Crippen molar-refractivity contribution >= 4 is 0 Å². The number of hydrogen-bond acceptors (Lipinski definition) is 2. The first-order chi connectivity index (χ1) is 9.26. The Bertz CT molecular complexity index is 635. The molecule has 1 fully saturated rings. The number of nitrogens with zero attached hydrogens (tertiary/aromatic N) is 3. The molecule has 0 bridgehead atoms. The lowest BCUT2D eigenvalue weighted by molar-refractivity contribution is 0.563. The Morgan fingerprint density at radius 2 is 2.21 bits per heavy atom. The van der Waals surface area contributed by atoms with Gasteiger partial charge in [-0.15, -0.1) is 0 Å². The molecule has 0 spiro atoms. The highest BCUT2D eigenvalue weighted by atomic mass is 19.1. The summed E-state index contributed by atoms with van der Waals surface area (Å²) in [6, 6.07) is 6.95. The van der Waals surface area contributed by atoms with Crippen LogP contribution >= 0.6 is 0 Å². The van der Waals surface area contributed by atoms with E-state index in [1.165, 1.54) is 18.9 Å². The van der Waals surface area contributed by atoms with Crippen LogP contribution in [0.1, 0.15) is 18.4 Å². The summed E-state index contributed by atoms with van der Waals surface area (Å²) in [7, 11) is 0. The normalized spacial score (nSPS) is 14.3. The third kappa shape index (κ3) is 2.65. The zero-order chi connectivity index (χ0) is 13.2. The predicted octanol–water partition coefficient (Wildman–Crippen LogP) is 3.17. The second-order valence-corrected chi connectivity index (χ2v) is 5.04. The molecule has 1 saturated carbocycles. The summed E-state index contributed by atoms with van der Waals surface area (Å²) in [5, 5.41) is 12.9. The van der Waals surface area contributed by atoms with Gasteiger partial charge >= 0.3 is 0 Å². The number of benzene rings is 1. The monoisotopic (exact) mass is 255 g/mol. The van der Waals surface area contributed by atoms with E-state index in [1.807, 2.05) is 23.0 Å². The molecule has 3 nitrogen and oxygen atoms in total. The van der Waals surface area contributed by atoms with Crippen LogP contribution in [0.2, 0.25) is 0 Å². The Kier molecular flexibility index (Phi) is 3.04. The first-order valence-electron chi connectivity index (χ1n) is 6.44. The first kappa shape index (κ1) is 11.9. The second kappa shape index (κ2) is 4.85. The zero-order valence-corrected chi connectivity index (χ0v) is 10.5. The molecule has 1 aliphatic carbocycles. The van der Waals surface area contributed by atoms with Crippen LogP contribution in [0.4, 0.5) is 4.39 Å². The van der Waals surface area contributed by atoms with Crippen LogP contribution in [0.3, 0.4) is 0 Å². The lowest BCUT2D eigenvalue weighted by Gasteiger charge is -2.02. The Hall–Kier alpha value is -2.15. The van der Waals surface area contributed by atoms with Crippen molar-refractivity contribution in [2.75, 3.05) is 0 Å². The van der Waals surface area contributed by atoms with Gasteiger partial charge in [0, 0.05) is 23.9 Å².